The Labute approximate surface area is 102 Å². The van der Waals surface area contributed by atoms with Gasteiger partial charge in [-0.25, -0.2) is 0 Å². The quantitative estimate of drug-likeness (QED) is 0.749. The Morgan fingerprint density at radius 3 is 2.71 bits per heavy atom. The Morgan fingerprint density at radius 1 is 1.47 bits per heavy atom. The molecule has 17 heavy (non-hydrogen) atoms. The fourth-order valence-electron chi connectivity index (χ4n) is 2.83. The highest BCUT2D eigenvalue weighted by molar-refractivity contribution is 5.99. The minimum Gasteiger partial charge on any atom is -0.340 e. The molecular weight excluding hydrogens is 216 g/mol. The number of nitrogens with one attached hydrogen (secondary N) is 1. The number of piperazine rings is 1. The van der Waals surface area contributed by atoms with Crippen LogP contribution < -0.4 is 5.32 Å². The molecule has 0 aromatic rings. The summed E-state index contributed by atoms with van der Waals surface area (Å²) in [5.41, 5.74) is -0.592. The predicted molar refractivity (Wildman–Crippen MR) is 65.3 cm³/mol. The average Bonchev–Trinajstić information content (AvgIpc) is 2.76. The molecule has 4 nitrogen and oxygen atoms in total. The first-order valence-electron chi connectivity index (χ1n) is 6.35. The molecule has 1 N–H and O–H groups in total. The first-order chi connectivity index (χ1) is 8.10. The van der Waals surface area contributed by atoms with Crippen molar-refractivity contribution in [1.82, 2.24) is 10.2 Å². The number of rotatable bonds is 3. The van der Waals surface area contributed by atoms with Crippen LogP contribution in [0.1, 0.15) is 39.0 Å². The second-order valence-electron chi connectivity index (χ2n) is 5.03. The van der Waals surface area contributed by atoms with E-state index < -0.39 is 5.54 Å². The van der Waals surface area contributed by atoms with E-state index >= 15 is 0 Å². The molecule has 94 valence electrons. The third-order valence-corrected chi connectivity index (χ3v) is 3.91. The van der Waals surface area contributed by atoms with E-state index in [1.807, 2.05) is 0 Å². The predicted octanol–water partition coefficient (Wildman–Crippen LogP) is 1.22. The molecule has 1 aliphatic heterocycles. The SMILES string of the molecule is C=CCCN1C(=O)C2(CCCC2)NC(=O)C1C. The van der Waals surface area contributed by atoms with Gasteiger partial charge in [0.05, 0.1) is 0 Å². The van der Waals surface area contributed by atoms with Gasteiger partial charge in [-0.3, -0.25) is 9.59 Å². The van der Waals surface area contributed by atoms with Crippen molar-refractivity contribution in [3.05, 3.63) is 12.7 Å². The van der Waals surface area contributed by atoms with E-state index in [0.717, 1.165) is 32.1 Å². The minimum absolute atomic E-state index is 0.0180. The van der Waals surface area contributed by atoms with Gasteiger partial charge in [-0.2, -0.15) is 0 Å². The third kappa shape index (κ3) is 1.96. The normalized spacial score (nSPS) is 27.4. The molecule has 0 radical (unpaired) electrons. The van der Waals surface area contributed by atoms with Crippen molar-refractivity contribution in [2.75, 3.05) is 6.54 Å². The zero-order valence-electron chi connectivity index (χ0n) is 10.4. The topological polar surface area (TPSA) is 49.4 Å². The van der Waals surface area contributed by atoms with Gasteiger partial charge in [-0.05, 0) is 26.2 Å². The van der Waals surface area contributed by atoms with Crippen molar-refractivity contribution in [2.24, 2.45) is 0 Å². The maximum absolute atomic E-state index is 12.5. The minimum atomic E-state index is -0.592. The maximum atomic E-state index is 12.5. The van der Waals surface area contributed by atoms with Crippen LogP contribution in [0.25, 0.3) is 0 Å². The van der Waals surface area contributed by atoms with Crippen LogP contribution in [-0.2, 0) is 9.59 Å². The summed E-state index contributed by atoms with van der Waals surface area (Å²) in [7, 11) is 0. The highest BCUT2D eigenvalue weighted by atomic mass is 16.2. The molecule has 1 saturated heterocycles. The van der Waals surface area contributed by atoms with Crippen LogP contribution in [-0.4, -0.2) is 34.8 Å². The lowest BCUT2D eigenvalue weighted by molar-refractivity contribution is -0.154. The lowest BCUT2D eigenvalue weighted by Gasteiger charge is -2.43. The summed E-state index contributed by atoms with van der Waals surface area (Å²) in [6, 6.07) is -0.353. The number of hydrogen-bond donors (Lipinski definition) is 1. The number of nitrogens with zero attached hydrogens (tertiary/aromatic N) is 1. The maximum Gasteiger partial charge on any atom is 0.249 e. The first-order valence-corrected chi connectivity index (χ1v) is 6.35. The van der Waals surface area contributed by atoms with E-state index in [-0.39, 0.29) is 17.9 Å². The molecule has 1 spiro atoms. The number of amides is 2. The molecule has 0 bridgehead atoms. The fourth-order valence-corrected chi connectivity index (χ4v) is 2.83. The molecule has 2 rings (SSSR count). The molecule has 0 aromatic heterocycles. The van der Waals surface area contributed by atoms with Gasteiger partial charge in [0.15, 0.2) is 0 Å². The number of hydrogen-bond acceptors (Lipinski definition) is 2. The fraction of sp³-hybridized carbons (Fsp3) is 0.692. The van der Waals surface area contributed by atoms with Gasteiger partial charge >= 0.3 is 0 Å². The molecule has 4 heteroatoms. The van der Waals surface area contributed by atoms with Crippen molar-refractivity contribution in [3.63, 3.8) is 0 Å². The Balaban J connectivity index is 2.20. The van der Waals surface area contributed by atoms with Crippen LogP contribution in [0, 0.1) is 0 Å². The molecule has 1 aliphatic carbocycles. The number of carbonyl (C=O) groups excluding carboxylic acids is 2. The summed E-state index contributed by atoms with van der Waals surface area (Å²) < 4.78 is 0. The van der Waals surface area contributed by atoms with Crippen molar-refractivity contribution < 1.29 is 9.59 Å². The van der Waals surface area contributed by atoms with Gasteiger partial charge in [0.1, 0.15) is 11.6 Å². The third-order valence-electron chi connectivity index (χ3n) is 3.91. The molecule has 2 amide bonds. The molecular formula is C13H20N2O2. The van der Waals surface area contributed by atoms with Crippen LogP contribution in [0.3, 0.4) is 0 Å². The summed E-state index contributed by atoms with van der Waals surface area (Å²) in [5.74, 6) is 0.0829. The van der Waals surface area contributed by atoms with E-state index in [4.69, 9.17) is 0 Å². The van der Waals surface area contributed by atoms with E-state index in [9.17, 15) is 9.59 Å². The van der Waals surface area contributed by atoms with E-state index in [1.165, 1.54) is 0 Å². The molecule has 1 saturated carbocycles. The second-order valence-corrected chi connectivity index (χ2v) is 5.03. The highest BCUT2D eigenvalue weighted by Gasteiger charge is 2.50. The van der Waals surface area contributed by atoms with E-state index in [1.54, 1.807) is 17.9 Å². The summed E-state index contributed by atoms with van der Waals surface area (Å²) in [4.78, 5) is 26.1. The Hall–Kier alpha value is -1.32. The van der Waals surface area contributed by atoms with Crippen molar-refractivity contribution in [2.45, 2.75) is 50.6 Å². The molecule has 2 aliphatic rings. The summed E-state index contributed by atoms with van der Waals surface area (Å²) in [6.07, 6.45) is 6.14. The Bertz CT molecular complexity index is 345. The van der Waals surface area contributed by atoms with Gasteiger partial charge in [0, 0.05) is 6.54 Å². The lowest BCUT2D eigenvalue weighted by Crippen LogP contribution is -2.68. The zero-order chi connectivity index (χ0) is 12.5. The van der Waals surface area contributed by atoms with Gasteiger partial charge in [-0.15, -0.1) is 6.58 Å². The van der Waals surface area contributed by atoms with Gasteiger partial charge in [0.25, 0.3) is 0 Å². The standard InChI is InChI=1S/C13H20N2O2/c1-3-4-9-15-10(2)11(16)14-13(12(15)17)7-5-6-8-13/h3,10H,1,4-9H2,2H3,(H,14,16). The van der Waals surface area contributed by atoms with Crippen LogP contribution in [0.4, 0.5) is 0 Å². The summed E-state index contributed by atoms with van der Waals surface area (Å²) in [5, 5.41) is 2.94. The molecule has 1 atom stereocenters. The van der Waals surface area contributed by atoms with E-state index in [2.05, 4.69) is 11.9 Å². The summed E-state index contributed by atoms with van der Waals surface area (Å²) in [6.45, 7) is 6.05. The molecule has 1 unspecified atom stereocenters. The van der Waals surface area contributed by atoms with Crippen molar-refractivity contribution in [3.8, 4) is 0 Å². The smallest absolute Gasteiger partial charge is 0.249 e. The first kappa shape index (κ1) is 12.1. The van der Waals surface area contributed by atoms with Crippen molar-refractivity contribution in [1.29, 1.82) is 0 Å². The number of carbonyl (C=O) groups is 2. The van der Waals surface area contributed by atoms with Crippen molar-refractivity contribution >= 4 is 11.8 Å². The second kappa shape index (κ2) is 4.51. The largest absolute Gasteiger partial charge is 0.340 e. The van der Waals surface area contributed by atoms with E-state index in [0.29, 0.717) is 6.54 Å². The van der Waals surface area contributed by atoms with Crippen LogP contribution in [0.15, 0.2) is 12.7 Å². The lowest BCUT2D eigenvalue weighted by atomic mass is 9.91. The van der Waals surface area contributed by atoms with Gasteiger partial charge in [-0.1, -0.05) is 18.9 Å². The molecule has 0 aromatic carbocycles. The monoisotopic (exact) mass is 236 g/mol. The van der Waals surface area contributed by atoms with Gasteiger partial charge < -0.3 is 10.2 Å². The van der Waals surface area contributed by atoms with Gasteiger partial charge in [0.2, 0.25) is 11.8 Å². The van der Waals surface area contributed by atoms with Crippen LogP contribution in [0.5, 0.6) is 0 Å². The highest BCUT2D eigenvalue weighted by Crippen LogP contribution is 2.34. The molecule has 2 fully saturated rings. The Kier molecular flexibility index (Phi) is 3.22. The average molecular weight is 236 g/mol. The Morgan fingerprint density at radius 2 is 2.12 bits per heavy atom. The summed E-state index contributed by atoms with van der Waals surface area (Å²) >= 11 is 0. The zero-order valence-corrected chi connectivity index (χ0v) is 10.4. The molecule has 1 heterocycles. The van der Waals surface area contributed by atoms with Crippen LogP contribution in [0.2, 0.25) is 0 Å². The van der Waals surface area contributed by atoms with Crippen LogP contribution >= 0.6 is 0 Å².